The summed E-state index contributed by atoms with van der Waals surface area (Å²) in [5.41, 5.74) is 11.7. The van der Waals surface area contributed by atoms with Crippen LogP contribution >= 0.6 is 15.9 Å². The minimum Gasteiger partial charge on any atom is -0.398 e. The van der Waals surface area contributed by atoms with Gasteiger partial charge >= 0.3 is 0 Å². The van der Waals surface area contributed by atoms with Gasteiger partial charge in [0, 0.05) is 10.0 Å². The van der Waals surface area contributed by atoms with Crippen LogP contribution in [0.4, 0.5) is 5.69 Å². The lowest BCUT2D eigenvalue weighted by atomic mass is 10.1. The number of nitrogen functional groups attached to an aromatic ring is 1. The van der Waals surface area contributed by atoms with Crippen LogP contribution in [0.15, 0.2) is 51.8 Å². The maximum Gasteiger partial charge on any atom is 0.249 e. The highest BCUT2D eigenvalue weighted by molar-refractivity contribution is 9.10. The first-order valence-electron chi connectivity index (χ1n) is 5.97. The Hall–Kier alpha value is -1.86. The zero-order valence-electron chi connectivity index (χ0n) is 10.9. The van der Waals surface area contributed by atoms with Crippen LogP contribution in [0.3, 0.4) is 0 Å². The average Bonchev–Trinajstić information content (AvgIpc) is 2.37. The third kappa shape index (κ3) is 3.43. The molecule has 0 fully saturated rings. The van der Waals surface area contributed by atoms with E-state index in [-0.39, 0.29) is 21.9 Å². The molecule has 1 amide bonds. The van der Waals surface area contributed by atoms with E-state index in [4.69, 9.17) is 11.5 Å². The van der Waals surface area contributed by atoms with Crippen LogP contribution in [0.1, 0.15) is 15.9 Å². The summed E-state index contributed by atoms with van der Waals surface area (Å²) in [4.78, 5) is 11.4. The Morgan fingerprint density at radius 3 is 2.43 bits per heavy atom. The number of sulfone groups is 1. The molecule has 5 nitrogen and oxygen atoms in total. The standard InChI is InChI=1S/C14H13BrN2O3S/c15-10-5-6-13(12(16)7-10)21(19,20)8-9-3-1-2-4-11(9)14(17)18/h1-7H,8,16H2,(H2,17,18). The third-order valence-corrected chi connectivity index (χ3v) is 5.16. The third-order valence-electron chi connectivity index (χ3n) is 2.94. The molecular formula is C14H13BrN2O3S. The summed E-state index contributed by atoms with van der Waals surface area (Å²) in [6, 6.07) is 10.9. The Morgan fingerprint density at radius 2 is 1.81 bits per heavy atom. The summed E-state index contributed by atoms with van der Waals surface area (Å²) in [6.07, 6.45) is 0. The molecule has 0 atom stereocenters. The van der Waals surface area contributed by atoms with Gasteiger partial charge in [-0.2, -0.15) is 0 Å². The van der Waals surface area contributed by atoms with E-state index in [1.165, 1.54) is 18.2 Å². The zero-order chi connectivity index (χ0) is 15.6. The summed E-state index contributed by atoms with van der Waals surface area (Å²) < 4.78 is 25.6. The minimum absolute atomic E-state index is 0.0324. The molecule has 0 saturated carbocycles. The second-order valence-corrected chi connectivity index (χ2v) is 7.34. The predicted octanol–water partition coefficient (Wildman–Crippen LogP) is 2.10. The SMILES string of the molecule is NC(=O)c1ccccc1CS(=O)(=O)c1ccc(Br)cc1N. The number of carbonyl (C=O) groups excluding carboxylic acids is 1. The maximum atomic E-state index is 12.5. The molecule has 0 bridgehead atoms. The van der Waals surface area contributed by atoms with E-state index >= 15 is 0 Å². The monoisotopic (exact) mass is 368 g/mol. The van der Waals surface area contributed by atoms with Crippen LogP contribution in [-0.4, -0.2) is 14.3 Å². The molecule has 4 N–H and O–H groups in total. The Kier molecular flexibility index (Phi) is 4.34. The summed E-state index contributed by atoms with van der Waals surface area (Å²) in [6.45, 7) is 0. The lowest BCUT2D eigenvalue weighted by molar-refractivity contribution is 0.0999. The number of halogens is 1. The fourth-order valence-corrected chi connectivity index (χ4v) is 3.86. The van der Waals surface area contributed by atoms with Crippen LogP contribution < -0.4 is 11.5 Å². The Bertz CT molecular complexity index is 804. The van der Waals surface area contributed by atoms with Crippen LogP contribution in [0.5, 0.6) is 0 Å². The number of hydrogen-bond acceptors (Lipinski definition) is 4. The topological polar surface area (TPSA) is 103 Å². The van der Waals surface area contributed by atoms with E-state index in [1.54, 1.807) is 24.3 Å². The smallest absolute Gasteiger partial charge is 0.249 e. The number of anilines is 1. The van der Waals surface area contributed by atoms with Gasteiger partial charge in [-0.3, -0.25) is 4.79 Å². The van der Waals surface area contributed by atoms with Crippen molar-refractivity contribution in [3.05, 3.63) is 58.1 Å². The largest absolute Gasteiger partial charge is 0.398 e. The molecule has 110 valence electrons. The molecule has 0 radical (unpaired) electrons. The van der Waals surface area contributed by atoms with Gasteiger partial charge < -0.3 is 11.5 Å². The molecular weight excluding hydrogens is 356 g/mol. The van der Waals surface area contributed by atoms with Crippen molar-refractivity contribution in [2.75, 3.05) is 5.73 Å². The van der Waals surface area contributed by atoms with Gasteiger partial charge in [-0.25, -0.2) is 8.42 Å². The van der Waals surface area contributed by atoms with E-state index in [1.807, 2.05) is 0 Å². The van der Waals surface area contributed by atoms with Crippen LogP contribution in [-0.2, 0) is 15.6 Å². The van der Waals surface area contributed by atoms with E-state index in [9.17, 15) is 13.2 Å². The highest BCUT2D eigenvalue weighted by Crippen LogP contribution is 2.26. The number of benzene rings is 2. The van der Waals surface area contributed by atoms with Gasteiger partial charge in [-0.05, 0) is 29.8 Å². The first-order valence-corrected chi connectivity index (χ1v) is 8.41. The Labute approximate surface area is 131 Å². The van der Waals surface area contributed by atoms with Crippen LogP contribution in [0, 0.1) is 0 Å². The van der Waals surface area contributed by atoms with Gasteiger partial charge in [-0.15, -0.1) is 0 Å². The molecule has 0 aromatic heterocycles. The van der Waals surface area contributed by atoms with E-state index < -0.39 is 15.7 Å². The maximum absolute atomic E-state index is 12.5. The number of rotatable bonds is 4. The highest BCUT2D eigenvalue weighted by atomic mass is 79.9. The summed E-state index contributed by atoms with van der Waals surface area (Å²) in [7, 11) is -3.67. The fraction of sp³-hybridized carbons (Fsp3) is 0.0714. The van der Waals surface area contributed by atoms with Crippen molar-refractivity contribution in [3.8, 4) is 0 Å². The quantitative estimate of drug-likeness (QED) is 0.806. The molecule has 0 aliphatic rings. The van der Waals surface area contributed by atoms with E-state index in [0.29, 0.717) is 10.0 Å². The second-order valence-electron chi connectivity index (χ2n) is 4.46. The van der Waals surface area contributed by atoms with Crippen molar-refractivity contribution in [3.63, 3.8) is 0 Å². The number of nitrogens with two attached hydrogens (primary N) is 2. The van der Waals surface area contributed by atoms with Crippen LogP contribution in [0.2, 0.25) is 0 Å². The second kappa shape index (κ2) is 5.87. The molecule has 2 aromatic rings. The number of hydrogen-bond donors (Lipinski definition) is 2. The van der Waals surface area contributed by atoms with Crippen molar-refractivity contribution in [2.24, 2.45) is 5.73 Å². The molecule has 2 rings (SSSR count). The Balaban J connectivity index is 2.45. The molecule has 0 aliphatic carbocycles. The van der Waals surface area contributed by atoms with Crippen molar-refractivity contribution in [2.45, 2.75) is 10.6 Å². The van der Waals surface area contributed by atoms with Gasteiger partial charge in [-0.1, -0.05) is 34.1 Å². The average molecular weight is 369 g/mol. The predicted molar refractivity (Wildman–Crippen MR) is 84.4 cm³/mol. The van der Waals surface area contributed by atoms with Crippen molar-refractivity contribution >= 4 is 37.4 Å². The van der Waals surface area contributed by atoms with Gasteiger partial charge in [0.05, 0.1) is 16.3 Å². The summed E-state index contributed by atoms with van der Waals surface area (Å²) in [5, 5.41) is 0. The summed E-state index contributed by atoms with van der Waals surface area (Å²) in [5.74, 6) is -0.998. The van der Waals surface area contributed by atoms with Crippen molar-refractivity contribution in [1.82, 2.24) is 0 Å². The normalized spacial score (nSPS) is 11.3. The van der Waals surface area contributed by atoms with Crippen molar-refractivity contribution < 1.29 is 13.2 Å². The number of carbonyl (C=O) groups is 1. The van der Waals surface area contributed by atoms with Crippen LogP contribution in [0.25, 0.3) is 0 Å². The molecule has 0 aliphatic heterocycles. The van der Waals surface area contributed by atoms with E-state index in [2.05, 4.69) is 15.9 Å². The van der Waals surface area contributed by atoms with Gasteiger partial charge in [0.25, 0.3) is 0 Å². The van der Waals surface area contributed by atoms with Gasteiger partial charge in [0.15, 0.2) is 9.84 Å². The zero-order valence-corrected chi connectivity index (χ0v) is 13.3. The highest BCUT2D eigenvalue weighted by Gasteiger charge is 2.21. The first kappa shape index (κ1) is 15.5. The number of amides is 1. The minimum atomic E-state index is -3.67. The molecule has 0 unspecified atom stereocenters. The molecule has 0 spiro atoms. The van der Waals surface area contributed by atoms with E-state index in [0.717, 1.165) is 0 Å². The van der Waals surface area contributed by atoms with Gasteiger partial charge in [0.1, 0.15) is 0 Å². The number of primary amides is 1. The van der Waals surface area contributed by atoms with Crippen molar-refractivity contribution in [1.29, 1.82) is 0 Å². The molecule has 7 heteroatoms. The molecule has 21 heavy (non-hydrogen) atoms. The Morgan fingerprint density at radius 1 is 1.14 bits per heavy atom. The molecule has 2 aromatic carbocycles. The molecule has 0 saturated heterocycles. The lowest BCUT2D eigenvalue weighted by Gasteiger charge is -2.10. The van der Waals surface area contributed by atoms with Gasteiger partial charge in [0.2, 0.25) is 5.91 Å². The first-order chi connectivity index (χ1) is 9.81. The lowest BCUT2D eigenvalue weighted by Crippen LogP contribution is -2.16. The fourth-order valence-electron chi connectivity index (χ4n) is 1.97. The molecule has 0 heterocycles. The summed E-state index contributed by atoms with van der Waals surface area (Å²) >= 11 is 3.22.